The van der Waals surface area contributed by atoms with Crippen molar-refractivity contribution in [3.63, 3.8) is 0 Å². The molecule has 5 rings (SSSR count). The minimum Gasteiger partial charge on any atom is -0.362 e. The molecule has 0 unspecified atom stereocenters. The van der Waals surface area contributed by atoms with Crippen LogP contribution in [-0.4, -0.2) is 15.1 Å². The average molecular weight is 413 g/mol. The maximum atomic E-state index is 5.96. The fourth-order valence-corrected chi connectivity index (χ4v) is 3.38. The molecule has 30 heavy (non-hydrogen) atoms. The molecule has 6 heteroatoms. The van der Waals surface area contributed by atoms with Gasteiger partial charge in [-0.3, -0.25) is 0 Å². The van der Waals surface area contributed by atoms with E-state index in [0.29, 0.717) is 23.2 Å². The second-order valence-electron chi connectivity index (χ2n) is 6.82. The second-order valence-corrected chi connectivity index (χ2v) is 7.25. The number of para-hydroxylation sites is 1. The SMILES string of the molecule is Clc1ccc(-c2cc(CNc3nc(-c4ccccc4)nc4ccccc34)on2)cc1. The summed E-state index contributed by atoms with van der Waals surface area (Å²) >= 11 is 5.96. The van der Waals surface area contributed by atoms with Gasteiger partial charge in [0.1, 0.15) is 11.5 Å². The lowest BCUT2D eigenvalue weighted by molar-refractivity contribution is 0.390. The molecular formula is C24H17ClN4O. The van der Waals surface area contributed by atoms with Crippen molar-refractivity contribution in [3.05, 3.63) is 95.7 Å². The standard InChI is InChI=1S/C24H17ClN4O/c25-18-12-10-16(11-13-18)22-14-19(30-29-22)15-26-24-20-8-4-5-9-21(20)27-23(28-24)17-6-2-1-3-7-17/h1-14H,15H2,(H,26,27,28). The highest BCUT2D eigenvalue weighted by Gasteiger charge is 2.11. The van der Waals surface area contributed by atoms with Crippen molar-refractivity contribution in [2.75, 3.05) is 5.32 Å². The highest BCUT2D eigenvalue weighted by molar-refractivity contribution is 6.30. The van der Waals surface area contributed by atoms with Crippen molar-refractivity contribution in [2.45, 2.75) is 6.54 Å². The summed E-state index contributed by atoms with van der Waals surface area (Å²) in [4.78, 5) is 9.48. The fourth-order valence-electron chi connectivity index (χ4n) is 3.25. The van der Waals surface area contributed by atoms with Crippen molar-refractivity contribution < 1.29 is 4.52 Å². The molecule has 0 saturated carbocycles. The van der Waals surface area contributed by atoms with Crippen LogP contribution in [0.3, 0.4) is 0 Å². The Bertz CT molecular complexity index is 1300. The summed E-state index contributed by atoms with van der Waals surface area (Å²) in [5.74, 6) is 2.14. The smallest absolute Gasteiger partial charge is 0.162 e. The van der Waals surface area contributed by atoms with Crippen LogP contribution in [-0.2, 0) is 6.54 Å². The molecule has 0 radical (unpaired) electrons. The molecule has 0 aliphatic heterocycles. The van der Waals surface area contributed by atoms with Gasteiger partial charge in [-0.2, -0.15) is 0 Å². The van der Waals surface area contributed by atoms with Gasteiger partial charge in [0.2, 0.25) is 0 Å². The first-order chi connectivity index (χ1) is 14.8. The van der Waals surface area contributed by atoms with Crippen LogP contribution < -0.4 is 5.32 Å². The van der Waals surface area contributed by atoms with E-state index in [1.165, 1.54) is 0 Å². The molecule has 3 aromatic carbocycles. The van der Waals surface area contributed by atoms with Gasteiger partial charge < -0.3 is 9.84 Å². The third-order valence-electron chi connectivity index (χ3n) is 4.76. The quantitative estimate of drug-likeness (QED) is 0.371. The van der Waals surface area contributed by atoms with Crippen LogP contribution in [0.25, 0.3) is 33.5 Å². The molecule has 0 aliphatic carbocycles. The van der Waals surface area contributed by atoms with E-state index >= 15 is 0 Å². The van der Waals surface area contributed by atoms with Crippen LogP contribution in [0.5, 0.6) is 0 Å². The van der Waals surface area contributed by atoms with Gasteiger partial charge in [0, 0.05) is 27.6 Å². The van der Waals surface area contributed by atoms with Crippen LogP contribution in [0, 0.1) is 0 Å². The molecular weight excluding hydrogens is 396 g/mol. The lowest BCUT2D eigenvalue weighted by atomic mass is 10.1. The predicted octanol–water partition coefficient (Wildman–Crippen LogP) is 6.22. The zero-order valence-electron chi connectivity index (χ0n) is 15.9. The zero-order chi connectivity index (χ0) is 20.3. The molecule has 0 bridgehead atoms. The molecule has 0 amide bonds. The van der Waals surface area contributed by atoms with Gasteiger partial charge >= 0.3 is 0 Å². The molecule has 5 aromatic rings. The Balaban J connectivity index is 1.43. The summed E-state index contributed by atoms with van der Waals surface area (Å²) in [6.07, 6.45) is 0. The van der Waals surface area contributed by atoms with Crippen molar-refractivity contribution in [2.24, 2.45) is 0 Å². The van der Waals surface area contributed by atoms with E-state index in [0.717, 1.165) is 33.5 Å². The van der Waals surface area contributed by atoms with Crippen LogP contribution in [0.15, 0.2) is 89.5 Å². The van der Waals surface area contributed by atoms with E-state index in [1.807, 2.05) is 84.9 Å². The normalized spacial score (nSPS) is 11.0. The average Bonchev–Trinajstić information content (AvgIpc) is 3.27. The fraction of sp³-hybridized carbons (Fsp3) is 0.0417. The van der Waals surface area contributed by atoms with Crippen molar-refractivity contribution in [3.8, 4) is 22.6 Å². The van der Waals surface area contributed by atoms with E-state index in [2.05, 4.69) is 10.5 Å². The Morgan fingerprint density at radius 3 is 2.40 bits per heavy atom. The maximum absolute atomic E-state index is 5.96. The van der Waals surface area contributed by atoms with Gasteiger partial charge in [-0.05, 0) is 24.3 Å². The molecule has 0 aliphatic rings. The van der Waals surface area contributed by atoms with E-state index in [1.54, 1.807) is 0 Å². The summed E-state index contributed by atoms with van der Waals surface area (Å²) in [5.41, 5.74) is 3.57. The Morgan fingerprint density at radius 1 is 0.800 bits per heavy atom. The number of anilines is 1. The van der Waals surface area contributed by atoms with Gasteiger partial charge in [0.15, 0.2) is 11.6 Å². The third kappa shape index (κ3) is 3.75. The predicted molar refractivity (Wildman–Crippen MR) is 119 cm³/mol. The van der Waals surface area contributed by atoms with Gasteiger partial charge in [-0.15, -0.1) is 0 Å². The highest BCUT2D eigenvalue weighted by atomic mass is 35.5. The second kappa shape index (κ2) is 7.97. The molecule has 0 spiro atoms. The Labute approximate surface area is 178 Å². The molecule has 0 saturated heterocycles. The van der Waals surface area contributed by atoms with Gasteiger partial charge in [0.05, 0.1) is 12.1 Å². The van der Waals surface area contributed by atoms with Gasteiger partial charge in [-0.25, -0.2) is 9.97 Å². The van der Waals surface area contributed by atoms with Crippen molar-refractivity contribution >= 4 is 28.3 Å². The summed E-state index contributed by atoms with van der Waals surface area (Å²) in [7, 11) is 0. The summed E-state index contributed by atoms with van der Waals surface area (Å²) < 4.78 is 5.51. The molecule has 5 nitrogen and oxygen atoms in total. The Morgan fingerprint density at radius 2 is 1.57 bits per heavy atom. The molecule has 146 valence electrons. The number of fused-ring (bicyclic) bond motifs is 1. The van der Waals surface area contributed by atoms with Crippen LogP contribution >= 0.6 is 11.6 Å². The minimum absolute atomic E-state index is 0.454. The monoisotopic (exact) mass is 412 g/mol. The summed E-state index contributed by atoms with van der Waals surface area (Å²) in [6, 6.07) is 27.3. The lowest BCUT2D eigenvalue weighted by Gasteiger charge is -2.10. The van der Waals surface area contributed by atoms with Crippen LogP contribution in [0.1, 0.15) is 5.76 Å². The number of nitrogens with one attached hydrogen (secondary N) is 1. The van der Waals surface area contributed by atoms with E-state index < -0.39 is 0 Å². The summed E-state index contributed by atoms with van der Waals surface area (Å²) in [6.45, 7) is 0.454. The first-order valence-corrected chi connectivity index (χ1v) is 9.92. The number of benzene rings is 3. The molecule has 2 aromatic heterocycles. The van der Waals surface area contributed by atoms with Crippen molar-refractivity contribution in [1.82, 2.24) is 15.1 Å². The van der Waals surface area contributed by atoms with Crippen molar-refractivity contribution in [1.29, 1.82) is 0 Å². The zero-order valence-corrected chi connectivity index (χ0v) is 16.7. The van der Waals surface area contributed by atoms with Crippen LogP contribution in [0.4, 0.5) is 5.82 Å². The first kappa shape index (κ1) is 18.3. The van der Waals surface area contributed by atoms with E-state index in [9.17, 15) is 0 Å². The number of hydrogen-bond donors (Lipinski definition) is 1. The molecule has 0 fully saturated rings. The number of nitrogens with zero attached hydrogens (tertiary/aromatic N) is 3. The maximum Gasteiger partial charge on any atom is 0.162 e. The Kier molecular flexibility index (Phi) is 4.87. The highest BCUT2D eigenvalue weighted by Crippen LogP contribution is 2.26. The molecule has 1 N–H and O–H groups in total. The molecule has 0 atom stereocenters. The summed E-state index contributed by atoms with van der Waals surface area (Å²) in [5, 5.41) is 9.19. The van der Waals surface area contributed by atoms with Gasteiger partial charge in [-0.1, -0.05) is 71.4 Å². The van der Waals surface area contributed by atoms with E-state index in [4.69, 9.17) is 26.1 Å². The number of rotatable bonds is 5. The van der Waals surface area contributed by atoms with E-state index in [-0.39, 0.29) is 0 Å². The third-order valence-corrected chi connectivity index (χ3v) is 5.02. The first-order valence-electron chi connectivity index (χ1n) is 9.54. The largest absolute Gasteiger partial charge is 0.362 e. The molecule has 2 heterocycles. The number of hydrogen-bond acceptors (Lipinski definition) is 5. The number of halogens is 1. The topological polar surface area (TPSA) is 63.8 Å². The Hall–Kier alpha value is -3.70. The van der Waals surface area contributed by atoms with Crippen LogP contribution in [0.2, 0.25) is 5.02 Å². The number of aromatic nitrogens is 3. The lowest BCUT2D eigenvalue weighted by Crippen LogP contribution is -2.03. The minimum atomic E-state index is 0.454. The van der Waals surface area contributed by atoms with Gasteiger partial charge in [0.25, 0.3) is 0 Å².